The Kier molecular flexibility index (Phi) is 7.24. The first-order valence-corrected chi connectivity index (χ1v) is 10.5. The van der Waals surface area contributed by atoms with Crippen LogP contribution in [-0.2, 0) is 19.1 Å². The fraction of sp³-hybridized carbons (Fsp3) is 0.571. The van der Waals surface area contributed by atoms with Crippen LogP contribution in [0.5, 0.6) is 0 Å². The van der Waals surface area contributed by atoms with Crippen molar-refractivity contribution in [3.05, 3.63) is 34.3 Å². The summed E-state index contributed by atoms with van der Waals surface area (Å²) in [4.78, 5) is 24.4. The van der Waals surface area contributed by atoms with Gasteiger partial charge in [0.15, 0.2) is 0 Å². The van der Waals surface area contributed by atoms with Gasteiger partial charge in [0.2, 0.25) is 0 Å². The number of rotatable bonds is 7. The van der Waals surface area contributed by atoms with Crippen LogP contribution in [0, 0.1) is 11.8 Å². The van der Waals surface area contributed by atoms with Crippen LogP contribution in [0.3, 0.4) is 0 Å². The van der Waals surface area contributed by atoms with Crippen molar-refractivity contribution >= 4 is 33.4 Å². The number of carbonyl (C=O) groups excluding carboxylic acids is 2. The summed E-state index contributed by atoms with van der Waals surface area (Å²) in [6.45, 7) is 1.53. The normalized spacial score (nSPS) is 25.4. The van der Waals surface area contributed by atoms with E-state index in [0.29, 0.717) is 25.9 Å². The Morgan fingerprint density at radius 2 is 2.00 bits per heavy atom. The Hall–Kier alpha value is -1.73. The van der Waals surface area contributed by atoms with Crippen molar-refractivity contribution in [3.8, 4) is 0 Å². The van der Waals surface area contributed by atoms with E-state index in [1.807, 2.05) is 24.3 Å². The number of ketones is 1. The largest absolute Gasteiger partial charge is 0.468 e. The standard InChI is InChI=1S/C21H27BrN2O4/c1-27-13-17-4-3-11-24(17)23-18(14-5-8-16(22)9-6-14)12-15-7-10-19(25)20(15)21(26)28-2/h5-6,8-9,15,17,20H,3-4,7,10-13H2,1-2H3/b23-18+/t15-,17+,20-/m1/s1. The number of benzene rings is 1. The summed E-state index contributed by atoms with van der Waals surface area (Å²) < 4.78 is 11.2. The summed E-state index contributed by atoms with van der Waals surface area (Å²) in [6, 6.07) is 8.28. The van der Waals surface area contributed by atoms with Crippen molar-refractivity contribution in [2.24, 2.45) is 16.9 Å². The van der Waals surface area contributed by atoms with Gasteiger partial charge < -0.3 is 9.47 Å². The van der Waals surface area contributed by atoms with Gasteiger partial charge in [-0.15, -0.1) is 0 Å². The maximum atomic E-state index is 12.3. The van der Waals surface area contributed by atoms with E-state index in [2.05, 4.69) is 20.9 Å². The number of halogens is 1. The number of hydrogen-bond acceptors (Lipinski definition) is 6. The molecule has 0 aromatic heterocycles. The van der Waals surface area contributed by atoms with Gasteiger partial charge in [-0.05, 0) is 49.3 Å². The summed E-state index contributed by atoms with van der Waals surface area (Å²) in [5, 5.41) is 7.08. The molecule has 3 rings (SSSR count). The number of hydrogen-bond donors (Lipinski definition) is 0. The lowest BCUT2D eigenvalue weighted by atomic mass is 9.88. The number of carbonyl (C=O) groups is 2. The number of hydrazone groups is 1. The molecule has 2 aliphatic rings. The molecule has 152 valence electrons. The van der Waals surface area contributed by atoms with Crippen LogP contribution in [0.15, 0.2) is 33.8 Å². The molecule has 2 fully saturated rings. The zero-order valence-corrected chi connectivity index (χ0v) is 18.0. The van der Waals surface area contributed by atoms with Gasteiger partial charge in [-0.2, -0.15) is 5.10 Å². The minimum Gasteiger partial charge on any atom is -0.468 e. The third kappa shape index (κ3) is 4.81. The average molecular weight is 451 g/mol. The van der Waals surface area contributed by atoms with Crippen LogP contribution in [0.1, 0.15) is 37.7 Å². The van der Waals surface area contributed by atoms with Crippen LogP contribution in [0.2, 0.25) is 0 Å². The first-order valence-electron chi connectivity index (χ1n) is 9.73. The second-order valence-corrected chi connectivity index (χ2v) is 8.35. The SMILES string of the molecule is COC[C@@H]1CCCN1/N=C(\C[C@H]1CCC(=O)[C@@H]1C(=O)OC)c1ccc(Br)cc1. The van der Waals surface area contributed by atoms with Crippen molar-refractivity contribution in [3.63, 3.8) is 0 Å². The molecule has 1 aromatic carbocycles. The fourth-order valence-corrected chi connectivity index (χ4v) is 4.42. The molecule has 1 aliphatic carbocycles. The molecule has 7 heteroatoms. The lowest BCUT2D eigenvalue weighted by Crippen LogP contribution is -2.31. The van der Waals surface area contributed by atoms with E-state index < -0.39 is 11.9 Å². The molecule has 0 amide bonds. The third-order valence-electron chi connectivity index (χ3n) is 5.62. The van der Waals surface area contributed by atoms with Gasteiger partial charge in [0, 0.05) is 24.5 Å². The van der Waals surface area contributed by atoms with Gasteiger partial charge >= 0.3 is 5.97 Å². The molecular formula is C21H27BrN2O4. The Morgan fingerprint density at radius 1 is 1.25 bits per heavy atom. The molecular weight excluding hydrogens is 424 g/mol. The van der Waals surface area contributed by atoms with Crippen molar-refractivity contribution in [2.45, 2.75) is 38.1 Å². The predicted molar refractivity (Wildman–Crippen MR) is 110 cm³/mol. The molecule has 3 atom stereocenters. The maximum absolute atomic E-state index is 12.3. The van der Waals surface area contributed by atoms with E-state index >= 15 is 0 Å². The minimum atomic E-state index is -0.681. The second-order valence-electron chi connectivity index (χ2n) is 7.44. The third-order valence-corrected chi connectivity index (χ3v) is 6.15. The van der Waals surface area contributed by atoms with Gasteiger partial charge in [-0.25, -0.2) is 0 Å². The highest BCUT2D eigenvalue weighted by molar-refractivity contribution is 9.10. The first-order chi connectivity index (χ1) is 13.5. The van der Waals surface area contributed by atoms with Crippen LogP contribution in [0.25, 0.3) is 0 Å². The Morgan fingerprint density at radius 3 is 2.68 bits per heavy atom. The summed E-state index contributed by atoms with van der Waals surface area (Å²) in [5.41, 5.74) is 1.92. The van der Waals surface area contributed by atoms with E-state index in [1.165, 1.54) is 7.11 Å². The molecule has 28 heavy (non-hydrogen) atoms. The molecule has 1 aliphatic heterocycles. The molecule has 1 aromatic rings. The second kappa shape index (κ2) is 9.65. The topological polar surface area (TPSA) is 68.2 Å². The first kappa shape index (κ1) is 21.0. The molecule has 1 heterocycles. The Balaban J connectivity index is 1.88. The zero-order valence-electron chi connectivity index (χ0n) is 16.4. The molecule has 0 bridgehead atoms. The minimum absolute atomic E-state index is 0.0227. The Bertz CT molecular complexity index is 734. The molecule has 1 saturated carbocycles. The van der Waals surface area contributed by atoms with E-state index in [9.17, 15) is 9.59 Å². The van der Waals surface area contributed by atoms with Crippen molar-refractivity contribution < 1.29 is 19.1 Å². The molecule has 0 unspecified atom stereocenters. The monoisotopic (exact) mass is 450 g/mol. The maximum Gasteiger partial charge on any atom is 0.316 e. The zero-order chi connectivity index (χ0) is 20.1. The van der Waals surface area contributed by atoms with E-state index in [0.717, 1.165) is 35.1 Å². The number of nitrogens with zero attached hydrogens (tertiary/aromatic N) is 2. The van der Waals surface area contributed by atoms with Crippen LogP contribution in [0.4, 0.5) is 0 Å². The lowest BCUT2D eigenvalue weighted by molar-refractivity contribution is -0.149. The molecule has 0 radical (unpaired) electrons. The highest BCUT2D eigenvalue weighted by Gasteiger charge is 2.41. The highest BCUT2D eigenvalue weighted by atomic mass is 79.9. The summed E-state index contributed by atoms with van der Waals surface area (Å²) in [5.74, 6) is -1.21. The highest BCUT2D eigenvalue weighted by Crippen LogP contribution is 2.34. The molecule has 6 nitrogen and oxygen atoms in total. The lowest BCUT2D eigenvalue weighted by Gasteiger charge is -2.24. The molecule has 1 saturated heterocycles. The van der Waals surface area contributed by atoms with Gasteiger partial charge in [-0.3, -0.25) is 14.6 Å². The quantitative estimate of drug-likeness (QED) is 0.361. The van der Waals surface area contributed by atoms with Crippen molar-refractivity contribution in [2.75, 3.05) is 27.4 Å². The van der Waals surface area contributed by atoms with Gasteiger partial charge in [0.1, 0.15) is 11.7 Å². The number of Topliss-reactive ketones (excluding diaryl/α,β-unsaturated/α-hetero) is 1. The Labute approximate surface area is 174 Å². The number of ether oxygens (including phenoxy) is 2. The summed E-state index contributed by atoms with van der Waals surface area (Å²) in [7, 11) is 3.05. The van der Waals surface area contributed by atoms with E-state index in [1.54, 1.807) is 7.11 Å². The van der Waals surface area contributed by atoms with Crippen LogP contribution < -0.4 is 0 Å². The molecule has 0 spiro atoms. The summed E-state index contributed by atoms with van der Waals surface area (Å²) >= 11 is 3.47. The number of esters is 1. The molecule has 0 N–H and O–H groups in total. The average Bonchev–Trinajstić information content (AvgIpc) is 3.28. The van der Waals surface area contributed by atoms with Crippen molar-refractivity contribution in [1.82, 2.24) is 5.01 Å². The van der Waals surface area contributed by atoms with Crippen molar-refractivity contribution in [1.29, 1.82) is 0 Å². The van der Waals surface area contributed by atoms with Gasteiger partial charge in [-0.1, -0.05) is 28.1 Å². The fourth-order valence-electron chi connectivity index (χ4n) is 4.16. The van der Waals surface area contributed by atoms with Gasteiger partial charge in [0.05, 0.1) is 25.5 Å². The van der Waals surface area contributed by atoms with Gasteiger partial charge in [0.25, 0.3) is 0 Å². The smallest absolute Gasteiger partial charge is 0.316 e. The van der Waals surface area contributed by atoms with E-state index in [4.69, 9.17) is 14.6 Å². The van der Waals surface area contributed by atoms with Crippen LogP contribution >= 0.6 is 15.9 Å². The predicted octanol–water partition coefficient (Wildman–Crippen LogP) is 3.42. The van der Waals surface area contributed by atoms with E-state index in [-0.39, 0.29) is 17.7 Å². The summed E-state index contributed by atoms with van der Waals surface area (Å²) in [6.07, 6.45) is 3.82. The number of methoxy groups -OCH3 is 2. The van der Waals surface area contributed by atoms with Crippen LogP contribution in [-0.4, -0.2) is 55.9 Å².